The Morgan fingerprint density at radius 1 is 1.19 bits per heavy atom. The molecule has 1 aromatic carbocycles. The second-order valence-electron chi connectivity index (χ2n) is 6.08. The molecule has 3 rings (SSSR count). The van der Waals surface area contributed by atoms with E-state index >= 15 is 0 Å². The van der Waals surface area contributed by atoms with E-state index in [1.54, 1.807) is 0 Å². The van der Waals surface area contributed by atoms with Gasteiger partial charge in [-0.3, -0.25) is 0 Å². The Kier molecular flexibility index (Phi) is 3.75. The summed E-state index contributed by atoms with van der Waals surface area (Å²) in [6.07, 6.45) is 5.44. The van der Waals surface area contributed by atoms with Gasteiger partial charge in [-0.05, 0) is 37.7 Å². The third kappa shape index (κ3) is 2.35. The van der Waals surface area contributed by atoms with Gasteiger partial charge in [0.25, 0.3) is 0 Å². The Morgan fingerprint density at radius 3 is 2.48 bits per heavy atom. The van der Waals surface area contributed by atoms with Gasteiger partial charge in [-0.25, -0.2) is 4.79 Å². The highest BCUT2D eigenvalue weighted by molar-refractivity contribution is 5.94. The van der Waals surface area contributed by atoms with Crippen molar-refractivity contribution in [2.24, 2.45) is 0 Å². The van der Waals surface area contributed by atoms with Crippen LogP contribution in [0.3, 0.4) is 0 Å². The number of hydrogen-bond acceptors (Lipinski definition) is 3. The van der Waals surface area contributed by atoms with Crippen LogP contribution < -0.4 is 0 Å². The average Bonchev–Trinajstić information content (AvgIpc) is 2.74. The second-order valence-corrected chi connectivity index (χ2v) is 6.08. The van der Waals surface area contributed by atoms with Gasteiger partial charge in [-0.15, -0.1) is 0 Å². The van der Waals surface area contributed by atoms with Crippen molar-refractivity contribution < 1.29 is 14.6 Å². The number of ether oxygens (including phenoxy) is 1. The first kappa shape index (κ1) is 14.2. The summed E-state index contributed by atoms with van der Waals surface area (Å²) in [6, 6.07) is 9.90. The molecule has 2 aliphatic rings. The largest absolute Gasteiger partial charge is 0.507 e. The molecule has 1 atom stereocenters. The fourth-order valence-electron chi connectivity index (χ4n) is 3.68. The van der Waals surface area contributed by atoms with E-state index in [-0.39, 0.29) is 17.6 Å². The van der Waals surface area contributed by atoms with Gasteiger partial charge in [-0.1, -0.05) is 43.7 Å². The minimum Gasteiger partial charge on any atom is -0.507 e. The summed E-state index contributed by atoms with van der Waals surface area (Å²) in [5, 5.41) is 10.7. The Bertz CT molecular complexity index is 553. The second kappa shape index (κ2) is 5.55. The lowest BCUT2D eigenvalue weighted by molar-refractivity contribution is -0.151. The Balaban J connectivity index is 2.00. The number of rotatable bonds is 3. The molecule has 1 aliphatic heterocycles. The SMILES string of the molecule is CCC(C1=C(O)C2(CCCCC2)OC1=O)c1ccccc1. The molecule has 0 saturated heterocycles. The molecular weight excluding hydrogens is 264 g/mol. The van der Waals surface area contributed by atoms with Crippen LogP contribution in [0.1, 0.15) is 56.9 Å². The van der Waals surface area contributed by atoms with Crippen molar-refractivity contribution in [3.8, 4) is 0 Å². The molecule has 0 radical (unpaired) electrons. The van der Waals surface area contributed by atoms with Crippen LogP contribution in [0.15, 0.2) is 41.7 Å². The minimum atomic E-state index is -0.729. The van der Waals surface area contributed by atoms with Crippen LogP contribution >= 0.6 is 0 Å². The van der Waals surface area contributed by atoms with Gasteiger partial charge in [0.05, 0.1) is 5.57 Å². The molecule has 1 aliphatic carbocycles. The molecule has 1 heterocycles. The average molecular weight is 286 g/mol. The predicted molar refractivity (Wildman–Crippen MR) is 81.0 cm³/mol. The molecule has 1 N–H and O–H groups in total. The quantitative estimate of drug-likeness (QED) is 0.845. The Hall–Kier alpha value is -1.77. The maximum absolute atomic E-state index is 12.4. The van der Waals surface area contributed by atoms with Crippen molar-refractivity contribution in [2.45, 2.75) is 57.0 Å². The third-order valence-electron chi connectivity index (χ3n) is 4.81. The van der Waals surface area contributed by atoms with Gasteiger partial charge in [0.1, 0.15) is 5.76 Å². The zero-order valence-electron chi connectivity index (χ0n) is 12.5. The molecule has 1 unspecified atom stereocenters. The summed E-state index contributed by atoms with van der Waals surface area (Å²) in [6.45, 7) is 2.04. The summed E-state index contributed by atoms with van der Waals surface area (Å²) in [5.74, 6) is -0.215. The van der Waals surface area contributed by atoms with E-state index in [0.717, 1.165) is 44.1 Å². The van der Waals surface area contributed by atoms with Gasteiger partial charge < -0.3 is 9.84 Å². The number of hydrogen-bond donors (Lipinski definition) is 1. The lowest BCUT2D eigenvalue weighted by Gasteiger charge is -2.31. The summed E-state index contributed by atoms with van der Waals surface area (Å²) >= 11 is 0. The monoisotopic (exact) mass is 286 g/mol. The topological polar surface area (TPSA) is 46.5 Å². The molecule has 112 valence electrons. The highest BCUT2D eigenvalue weighted by Crippen LogP contribution is 2.46. The summed E-state index contributed by atoms with van der Waals surface area (Å²) in [4.78, 5) is 12.4. The highest BCUT2D eigenvalue weighted by atomic mass is 16.6. The van der Waals surface area contributed by atoms with E-state index in [0.29, 0.717) is 5.57 Å². The molecule has 1 fully saturated rings. The normalized spacial score (nSPS) is 22.4. The number of aliphatic hydroxyl groups is 1. The number of benzene rings is 1. The van der Waals surface area contributed by atoms with E-state index in [1.165, 1.54) is 0 Å². The van der Waals surface area contributed by atoms with Crippen molar-refractivity contribution in [1.82, 2.24) is 0 Å². The lowest BCUT2D eigenvalue weighted by Crippen LogP contribution is -2.34. The van der Waals surface area contributed by atoms with Gasteiger partial charge in [0.2, 0.25) is 0 Å². The number of aliphatic hydroxyl groups excluding tert-OH is 1. The molecule has 0 aromatic heterocycles. The summed E-state index contributed by atoms with van der Waals surface area (Å²) < 4.78 is 5.66. The van der Waals surface area contributed by atoms with Crippen molar-refractivity contribution in [1.29, 1.82) is 0 Å². The van der Waals surface area contributed by atoms with E-state index in [2.05, 4.69) is 0 Å². The highest BCUT2D eigenvalue weighted by Gasteiger charge is 2.50. The summed E-state index contributed by atoms with van der Waals surface area (Å²) in [7, 11) is 0. The molecule has 0 bridgehead atoms. The molecule has 1 saturated carbocycles. The maximum atomic E-state index is 12.4. The summed E-state index contributed by atoms with van der Waals surface area (Å²) in [5.41, 5.74) is 0.810. The predicted octanol–water partition coefficient (Wildman–Crippen LogP) is 4.25. The minimum absolute atomic E-state index is 0.0833. The molecule has 1 aromatic rings. The molecule has 3 nitrogen and oxygen atoms in total. The van der Waals surface area contributed by atoms with Crippen LogP contribution in [0.5, 0.6) is 0 Å². The fraction of sp³-hybridized carbons (Fsp3) is 0.500. The number of carbonyl (C=O) groups excluding carboxylic acids is 1. The van der Waals surface area contributed by atoms with Crippen LogP contribution in [0.25, 0.3) is 0 Å². The number of carbonyl (C=O) groups is 1. The molecule has 0 amide bonds. The van der Waals surface area contributed by atoms with Crippen molar-refractivity contribution in [3.63, 3.8) is 0 Å². The Labute approximate surface area is 125 Å². The van der Waals surface area contributed by atoms with Crippen LogP contribution in [-0.4, -0.2) is 16.7 Å². The van der Waals surface area contributed by atoms with Gasteiger partial charge >= 0.3 is 5.97 Å². The first-order valence-electron chi connectivity index (χ1n) is 7.90. The number of esters is 1. The zero-order valence-corrected chi connectivity index (χ0v) is 12.5. The lowest BCUT2D eigenvalue weighted by atomic mass is 9.80. The maximum Gasteiger partial charge on any atom is 0.339 e. The van der Waals surface area contributed by atoms with Crippen LogP contribution in [-0.2, 0) is 9.53 Å². The van der Waals surface area contributed by atoms with E-state index in [9.17, 15) is 9.90 Å². The first-order valence-corrected chi connectivity index (χ1v) is 7.90. The third-order valence-corrected chi connectivity index (χ3v) is 4.81. The van der Waals surface area contributed by atoms with Gasteiger partial charge in [0.15, 0.2) is 5.60 Å². The zero-order chi connectivity index (χ0) is 14.9. The van der Waals surface area contributed by atoms with E-state index in [1.807, 2.05) is 37.3 Å². The molecule has 21 heavy (non-hydrogen) atoms. The van der Waals surface area contributed by atoms with E-state index < -0.39 is 5.60 Å². The van der Waals surface area contributed by atoms with E-state index in [4.69, 9.17) is 4.74 Å². The molecule has 3 heteroatoms. The van der Waals surface area contributed by atoms with Crippen LogP contribution in [0, 0.1) is 0 Å². The molecular formula is C18H22O3. The first-order chi connectivity index (χ1) is 10.2. The van der Waals surface area contributed by atoms with Gasteiger partial charge in [0, 0.05) is 5.92 Å². The smallest absolute Gasteiger partial charge is 0.339 e. The fourth-order valence-corrected chi connectivity index (χ4v) is 3.68. The Morgan fingerprint density at radius 2 is 1.86 bits per heavy atom. The van der Waals surface area contributed by atoms with Gasteiger partial charge in [-0.2, -0.15) is 0 Å². The van der Waals surface area contributed by atoms with Crippen molar-refractivity contribution in [2.75, 3.05) is 0 Å². The van der Waals surface area contributed by atoms with Crippen molar-refractivity contribution in [3.05, 3.63) is 47.2 Å². The van der Waals surface area contributed by atoms with Crippen LogP contribution in [0.2, 0.25) is 0 Å². The van der Waals surface area contributed by atoms with Crippen LogP contribution in [0.4, 0.5) is 0 Å². The molecule has 1 spiro atoms. The standard InChI is InChI=1S/C18H22O3/c1-2-14(13-9-5-3-6-10-13)15-16(19)18(21-17(15)20)11-7-4-8-12-18/h3,5-6,9-10,14,19H,2,4,7-8,11-12H2,1H3. The van der Waals surface area contributed by atoms with Crippen molar-refractivity contribution >= 4 is 5.97 Å².